The molecule has 0 spiro atoms. The molecule has 6 heteroatoms. The smallest absolute Gasteiger partial charge is 0.411 e. The van der Waals surface area contributed by atoms with Crippen LogP contribution in [0.3, 0.4) is 0 Å². The number of aromatic nitrogens is 1. The van der Waals surface area contributed by atoms with Crippen molar-refractivity contribution in [1.29, 1.82) is 0 Å². The highest BCUT2D eigenvalue weighted by Crippen LogP contribution is 2.32. The molecule has 1 saturated heterocycles. The number of nitrogens with zero attached hydrogens (tertiary/aromatic N) is 2. The van der Waals surface area contributed by atoms with Crippen molar-refractivity contribution in [3.05, 3.63) is 77.9 Å². The van der Waals surface area contributed by atoms with Gasteiger partial charge in [-0.05, 0) is 55.2 Å². The number of rotatable bonds is 4. The lowest BCUT2D eigenvalue weighted by Gasteiger charge is -2.24. The topological polar surface area (TPSA) is 63.6 Å². The van der Waals surface area contributed by atoms with Crippen LogP contribution in [0.1, 0.15) is 24.5 Å². The molecule has 172 valence electrons. The van der Waals surface area contributed by atoms with Gasteiger partial charge < -0.3 is 14.2 Å². The third-order valence-corrected chi connectivity index (χ3v) is 7.20. The molecule has 0 radical (unpaired) electrons. The minimum atomic E-state index is -0.520. The summed E-state index contributed by atoms with van der Waals surface area (Å²) in [6.45, 7) is 3.46. The highest BCUT2D eigenvalue weighted by atomic mass is 16.6. The first-order valence-electron chi connectivity index (χ1n) is 12.0. The minimum Gasteiger partial charge on any atom is -0.444 e. The molecular formula is C28H27N3O3. The first-order chi connectivity index (χ1) is 16.6. The van der Waals surface area contributed by atoms with Crippen molar-refractivity contribution in [3.63, 3.8) is 0 Å². The zero-order chi connectivity index (χ0) is 23.2. The minimum absolute atomic E-state index is 0.0596. The van der Waals surface area contributed by atoms with Crippen molar-refractivity contribution in [2.45, 2.75) is 44.9 Å². The normalized spacial score (nSPS) is 18.1. The van der Waals surface area contributed by atoms with Crippen LogP contribution in [0.2, 0.25) is 0 Å². The molecule has 4 aromatic rings. The number of likely N-dealkylation sites (tertiary alicyclic amines) is 1. The van der Waals surface area contributed by atoms with Gasteiger partial charge in [-0.15, -0.1) is 0 Å². The van der Waals surface area contributed by atoms with Gasteiger partial charge in [0.1, 0.15) is 6.10 Å². The van der Waals surface area contributed by atoms with E-state index in [9.17, 15) is 9.59 Å². The van der Waals surface area contributed by atoms with E-state index in [0.29, 0.717) is 12.2 Å². The molecule has 1 N–H and O–H groups in total. The van der Waals surface area contributed by atoms with Gasteiger partial charge in [-0.3, -0.25) is 10.1 Å². The molecule has 1 unspecified atom stereocenters. The zero-order valence-electron chi connectivity index (χ0n) is 19.2. The van der Waals surface area contributed by atoms with Gasteiger partial charge in [0.25, 0.3) is 0 Å². The number of hydrogen-bond donors (Lipinski definition) is 1. The Morgan fingerprint density at radius 3 is 2.41 bits per heavy atom. The van der Waals surface area contributed by atoms with E-state index < -0.39 is 12.2 Å². The first kappa shape index (κ1) is 20.8. The molecule has 2 heterocycles. The standard InChI is InChI=1S/C28H27N3O3/c1-2-30-25-10-6-5-9-23(25)24-15-20(11-12-26(24)30)29-28(33)34-22-16-27(32)31(17-22)21-13-18-7-3-4-8-19(18)14-21/h3-12,15,21-22H,2,13-14,16-17H2,1H3,(H,29,33). The van der Waals surface area contributed by atoms with Gasteiger partial charge in [0.15, 0.2) is 0 Å². The summed E-state index contributed by atoms with van der Waals surface area (Å²) in [5, 5.41) is 5.12. The van der Waals surface area contributed by atoms with E-state index in [2.05, 4.69) is 41.1 Å². The molecular weight excluding hydrogens is 426 g/mol. The lowest BCUT2D eigenvalue weighted by molar-refractivity contribution is -0.129. The number of amides is 2. The summed E-state index contributed by atoms with van der Waals surface area (Å²) in [5.41, 5.74) is 5.61. The quantitative estimate of drug-likeness (QED) is 0.466. The number of fused-ring (bicyclic) bond motifs is 4. The van der Waals surface area contributed by atoms with E-state index in [1.54, 1.807) is 0 Å². The van der Waals surface area contributed by atoms with Crippen LogP contribution in [-0.4, -0.2) is 40.2 Å². The Hall–Kier alpha value is -3.80. The molecule has 2 aliphatic rings. The number of hydrogen-bond acceptors (Lipinski definition) is 3. The average molecular weight is 454 g/mol. The Morgan fingerprint density at radius 2 is 1.65 bits per heavy atom. The fourth-order valence-electron chi connectivity index (χ4n) is 5.66. The Labute approximate surface area is 198 Å². The summed E-state index contributed by atoms with van der Waals surface area (Å²) in [6, 6.07) is 22.7. The van der Waals surface area contributed by atoms with Gasteiger partial charge in [-0.25, -0.2) is 4.79 Å². The third-order valence-electron chi connectivity index (χ3n) is 7.20. The zero-order valence-corrected chi connectivity index (χ0v) is 19.2. The van der Waals surface area contributed by atoms with Crippen LogP contribution in [0.5, 0.6) is 0 Å². The van der Waals surface area contributed by atoms with E-state index >= 15 is 0 Å². The fraction of sp³-hybridized carbons (Fsp3) is 0.286. The van der Waals surface area contributed by atoms with Crippen molar-refractivity contribution < 1.29 is 14.3 Å². The van der Waals surface area contributed by atoms with Gasteiger partial charge in [0.05, 0.1) is 13.0 Å². The first-order valence-corrected chi connectivity index (χ1v) is 12.0. The number of carbonyl (C=O) groups is 2. The molecule has 6 rings (SSSR count). The molecule has 2 amide bonds. The van der Waals surface area contributed by atoms with Crippen LogP contribution < -0.4 is 5.32 Å². The third kappa shape index (κ3) is 3.50. The van der Waals surface area contributed by atoms with Crippen LogP contribution in [0, 0.1) is 0 Å². The molecule has 1 aromatic heterocycles. The lowest BCUT2D eigenvalue weighted by atomic mass is 10.1. The predicted molar refractivity (Wildman–Crippen MR) is 133 cm³/mol. The van der Waals surface area contributed by atoms with Crippen LogP contribution in [0.15, 0.2) is 66.7 Å². The second kappa shape index (κ2) is 8.20. The number of nitrogens with one attached hydrogen (secondary N) is 1. The number of anilines is 1. The molecule has 1 aliphatic heterocycles. The summed E-state index contributed by atoms with van der Waals surface area (Å²) >= 11 is 0. The number of aryl methyl sites for hydroxylation is 1. The Morgan fingerprint density at radius 1 is 0.941 bits per heavy atom. The molecule has 3 aromatic carbocycles. The van der Waals surface area contributed by atoms with Gasteiger partial charge in [-0.1, -0.05) is 42.5 Å². The average Bonchev–Trinajstić information content (AvgIpc) is 3.51. The van der Waals surface area contributed by atoms with Gasteiger partial charge >= 0.3 is 6.09 Å². The van der Waals surface area contributed by atoms with E-state index in [1.165, 1.54) is 16.6 Å². The van der Waals surface area contributed by atoms with E-state index in [0.717, 1.165) is 35.7 Å². The molecule has 1 atom stereocenters. The number of carbonyl (C=O) groups excluding carboxylic acids is 2. The van der Waals surface area contributed by atoms with Crippen LogP contribution in [-0.2, 0) is 28.9 Å². The van der Waals surface area contributed by atoms with Gasteiger partial charge in [-0.2, -0.15) is 0 Å². The Kier molecular flexibility index (Phi) is 5.01. The SMILES string of the molecule is CCn1c2ccccc2c2cc(NC(=O)OC3CC(=O)N(C4Cc5ccccc5C4)C3)ccc21. The maximum atomic E-state index is 12.7. The molecule has 0 saturated carbocycles. The van der Waals surface area contributed by atoms with Crippen molar-refractivity contribution in [2.75, 3.05) is 11.9 Å². The van der Waals surface area contributed by atoms with E-state index in [4.69, 9.17) is 4.74 Å². The lowest BCUT2D eigenvalue weighted by Crippen LogP contribution is -2.38. The molecule has 34 heavy (non-hydrogen) atoms. The maximum absolute atomic E-state index is 12.7. The summed E-state index contributed by atoms with van der Waals surface area (Å²) in [5.74, 6) is 0.0596. The molecule has 0 bridgehead atoms. The van der Waals surface area contributed by atoms with Crippen molar-refractivity contribution >= 4 is 39.5 Å². The number of para-hydroxylation sites is 1. The molecule has 6 nitrogen and oxygen atoms in total. The fourth-order valence-corrected chi connectivity index (χ4v) is 5.66. The predicted octanol–water partition coefficient (Wildman–Crippen LogP) is 5.13. The summed E-state index contributed by atoms with van der Waals surface area (Å²) in [4.78, 5) is 27.2. The molecule has 1 fully saturated rings. The highest BCUT2D eigenvalue weighted by molar-refractivity contribution is 6.09. The number of ether oxygens (including phenoxy) is 1. The summed E-state index contributed by atoms with van der Waals surface area (Å²) < 4.78 is 7.93. The van der Waals surface area contributed by atoms with E-state index in [-0.39, 0.29) is 18.4 Å². The van der Waals surface area contributed by atoms with Crippen LogP contribution >= 0.6 is 0 Å². The number of benzene rings is 3. The van der Waals surface area contributed by atoms with Crippen molar-refractivity contribution in [2.24, 2.45) is 0 Å². The van der Waals surface area contributed by atoms with Crippen molar-refractivity contribution in [3.8, 4) is 0 Å². The summed E-state index contributed by atoms with van der Waals surface area (Å²) in [7, 11) is 0. The second-order valence-electron chi connectivity index (χ2n) is 9.23. The maximum Gasteiger partial charge on any atom is 0.411 e. The Bertz CT molecular complexity index is 1400. The molecule has 1 aliphatic carbocycles. The van der Waals surface area contributed by atoms with Crippen LogP contribution in [0.25, 0.3) is 21.8 Å². The van der Waals surface area contributed by atoms with Gasteiger partial charge in [0, 0.05) is 40.1 Å². The second-order valence-corrected chi connectivity index (χ2v) is 9.23. The van der Waals surface area contributed by atoms with Crippen LogP contribution in [0.4, 0.5) is 10.5 Å². The monoisotopic (exact) mass is 453 g/mol. The Balaban J connectivity index is 1.14. The van der Waals surface area contributed by atoms with Crippen molar-refractivity contribution in [1.82, 2.24) is 9.47 Å². The van der Waals surface area contributed by atoms with Gasteiger partial charge in [0.2, 0.25) is 5.91 Å². The summed E-state index contributed by atoms with van der Waals surface area (Å²) in [6.07, 6.45) is 1.02. The largest absolute Gasteiger partial charge is 0.444 e. The van der Waals surface area contributed by atoms with E-state index in [1.807, 2.05) is 47.4 Å². The highest BCUT2D eigenvalue weighted by Gasteiger charge is 2.38.